The maximum absolute atomic E-state index is 11.3. The van der Waals surface area contributed by atoms with Gasteiger partial charge >= 0.3 is 5.97 Å². The molecule has 4 aliphatic rings. The molecule has 0 aromatic rings. The molecule has 5 unspecified atom stereocenters. The van der Waals surface area contributed by atoms with E-state index in [9.17, 15) is 4.79 Å². The number of unbranched alkanes of at least 4 members (excludes halogenated alkanes) is 5. The lowest BCUT2D eigenvalue weighted by atomic mass is 9.86. The van der Waals surface area contributed by atoms with Crippen LogP contribution in [-0.2, 0) is 32.9 Å². The van der Waals surface area contributed by atoms with Crippen molar-refractivity contribution in [1.29, 1.82) is 0 Å². The Kier molecular flexibility index (Phi) is 16.7. The molecule has 0 N–H and O–H groups in total. The lowest BCUT2D eigenvalue weighted by Crippen LogP contribution is -2.42. The highest BCUT2D eigenvalue weighted by Crippen LogP contribution is 2.51. The first-order chi connectivity index (χ1) is 23.0. The summed E-state index contributed by atoms with van der Waals surface area (Å²) in [5, 5.41) is 0.187. The van der Waals surface area contributed by atoms with Crippen LogP contribution in [0.3, 0.4) is 0 Å². The maximum atomic E-state index is 11.3. The molecule has 0 amide bonds. The van der Waals surface area contributed by atoms with E-state index in [2.05, 4.69) is 52.1 Å². The Bertz CT molecular complexity index is 992. The molecule has 3 fully saturated rings. The topological polar surface area (TPSA) is 72.5 Å². The zero-order chi connectivity index (χ0) is 34.4. The van der Waals surface area contributed by atoms with E-state index in [1.54, 1.807) is 5.57 Å². The molecule has 0 spiro atoms. The molecular formula is C40H70O7Si. The fourth-order valence-corrected chi connectivity index (χ4v) is 8.67. The summed E-state index contributed by atoms with van der Waals surface area (Å²) in [6.07, 6.45) is 25.7. The molecule has 7 nitrogen and oxygen atoms in total. The van der Waals surface area contributed by atoms with E-state index in [4.69, 9.17) is 28.1 Å². The second-order valence-corrected chi connectivity index (χ2v) is 21.3. The largest absolute Gasteiger partial charge is 0.466 e. The average molecular weight is 691 g/mol. The van der Waals surface area contributed by atoms with Crippen LogP contribution in [0.15, 0.2) is 23.8 Å². The van der Waals surface area contributed by atoms with Gasteiger partial charge in [0.2, 0.25) is 0 Å². The van der Waals surface area contributed by atoms with E-state index in [0.717, 1.165) is 90.6 Å². The summed E-state index contributed by atoms with van der Waals surface area (Å²) in [5.74, 6) is 1.78. The van der Waals surface area contributed by atoms with E-state index in [0.29, 0.717) is 30.3 Å². The molecular weight excluding hydrogens is 621 g/mol. The van der Waals surface area contributed by atoms with E-state index >= 15 is 0 Å². The predicted octanol–water partition coefficient (Wildman–Crippen LogP) is 9.90. The van der Waals surface area contributed by atoms with Gasteiger partial charge in [-0.05, 0) is 120 Å². The predicted molar refractivity (Wildman–Crippen MR) is 195 cm³/mol. The standard InChI is InChI=1S/C40H70O7Si/c1-31(41)42-23-16-12-19-32(30-46-48(5,6)40(2,3)4)33-27-34-29-37(47-39-22-14-18-26-45-39)35(36(34)28-33)20-11-9-7-8-10-15-24-43-38-21-13-17-25-44-38/h11,20,27,32,34-39H,7-10,12-19,21-26,28-30H2,1-6H3/t32?,34?,35-,36?,37-,38?,39?/m0/s1. The van der Waals surface area contributed by atoms with Gasteiger partial charge in [-0.2, -0.15) is 0 Å². The van der Waals surface area contributed by atoms with E-state index in [1.165, 1.54) is 45.4 Å². The Balaban J connectivity index is 1.32. The Morgan fingerprint density at radius 3 is 2.35 bits per heavy atom. The molecule has 4 rings (SSSR count). The lowest BCUT2D eigenvalue weighted by Gasteiger charge is -2.37. The number of carbonyl (C=O) groups excluding carboxylic acids is 1. The van der Waals surface area contributed by atoms with E-state index in [1.807, 2.05) is 0 Å². The van der Waals surface area contributed by atoms with Crippen molar-refractivity contribution in [3.05, 3.63) is 23.8 Å². The van der Waals surface area contributed by atoms with Crippen molar-refractivity contribution >= 4 is 14.3 Å². The van der Waals surface area contributed by atoms with Crippen LogP contribution in [0.1, 0.15) is 130 Å². The molecule has 48 heavy (non-hydrogen) atoms. The summed E-state index contributed by atoms with van der Waals surface area (Å²) in [5.41, 5.74) is 1.59. The number of allylic oxidation sites excluding steroid dienone is 2. The molecule has 0 aromatic carbocycles. The van der Waals surface area contributed by atoms with Crippen LogP contribution in [0.5, 0.6) is 0 Å². The molecule has 0 aromatic heterocycles. The third-order valence-electron chi connectivity index (χ3n) is 11.6. The van der Waals surface area contributed by atoms with Gasteiger partial charge < -0.3 is 28.1 Å². The number of ether oxygens (including phenoxy) is 5. The summed E-state index contributed by atoms with van der Waals surface area (Å²) in [6, 6.07) is 0. The normalized spacial score (nSPS) is 28.8. The number of esters is 1. The zero-order valence-electron chi connectivity index (χ0n) is 31.5. The minimum absolute atomic E-state index is 0.0315. The van der Waals surface area contributed by atoms with Gasteiger partial charge in [-0.3, -0.25) is 4.79 Å². The maximum Gasteiger partial charge on any atom is 0.302 e. The lowest BCUT2D eigenvalue weighted by molar-refractivity contribution is -0.192. The van der Waals surface area contributed by atoms with E-state index < -0.39 is 8.32 Å². The second-order valence-electron chi connectivity index (χ2n) is 16.5. The minimum atomic E-state index is -1.86. The van der Waals surface area contributed by atoms with Gasteiger partial charge in [0.25, 0.3) is 0 Å². The first-order valence-corrected chi connectivity index (χ1v) is 22.6. The van der Waals surface area contributed by atoms with Gasteiger partial charge in [0.05, 0.1) is 12.7 Å². The van der Waals surface area contributed by atoms with Gasteiger partial charge in [-0.15, -0.1) is 0 Å². The third-order valence-corrected chi connectivity index (χ3v) is 16.1. The van der Waals surface area contributed by atoms with Crippen LogP contribution >= 0.6 is 0 Å². The molecule has 1 saturated carbocycles. The number of rotatable bonds is 20. The molecule has 2 heterocycles. The van der Waals surface area contributed by atoms with Crippen molar-refractivity contribution in [2.75, 3.05) is 33.0 Å². The van der Waals surface area contributed by atoms with Crippen LogP contribution in [-0.4, -0.2) is 66.0 Å². The third kappa shape index (κ3) is 12.9. The monoisotopic (exact) mass is 690 g/mol. The Morgan fingerprint density at radius 1 is 0.958 bits per heavy atom. The van der Waals surface area contributed by atoms with Gasteiger partial charge in [-0.25, -0.2) is 0 Å². The molecule has 8 heteroatoms. The fourth-order valence-electron chi connectivity index (χ4n) is 7.62. The zero-order valence-corrected chi connectivity index (χ0v) is 32.5. The van der Waals surface area contributed by atoms with Gasteiger partial charge in [-0.1, -0.05) is 57.4 Å². The highest BCUT2D eigenvalue weighted by atomic mass is 28.4. The Labute approximate surface area is 294 Å². The number of fused-ring (bicyclic) bond motifs is 1. The van der Waals surface area contributed by atoms with Crippen LogP contribution in [0.2, 0.25) is 18.1 Å². The van der Waals surface area contributed by atoms with Gasteiger partial charge in [0.15, 0.2) is 20.9 Å². The van der Waals surface area contributed by atoms with Crippen molar-refractivity contribution in [2.45, 2.75) is 167 Å². The molecule has 2 aliphatic heterocycles. The summed E-state index contributed by atoms with van der Waals surface area (Å²) < 4.78 is 36.4. The highest BCUT2D eigenvalue weighted by molar-refractivity contribution is 6.74. The SMILES string of the molecule is CC(=O)OCCCCC(CO[Si](C)(C)C(C)(C)C)C1=CC2C[C@H](OC3CCCCO3)[C@@H](C=CCCCCCCOC3CCCCO3)C2C1. The smallest absolute Gasteiger partial charge is 0.302 e. The molecule has 2 saturated heterocycles. The van der Waals surface area contributed by atoms with Crippen molar-refractivity contribution < 1.29 is 32.9 Å². The first-order valence-electron chi connectivity index (χ1n) is 19.7. The molecule has 7 atom stereocenters. The first kappa shape index (κ1) is 39.7. The molecule has 276 valence electrons. The summed E-state index contributed by atoms with van der Waals surface area (Å²) in [7, 11) is -1.86. The van der Waals surface area contributed by atoms with Crippen LogP contribution in [0, 0.1) is 23.7 Å². The molecule has 0 bridgehead atoms. The van der Waals surface area contributed by atoms with Crippen LogP contribution in [0.25, 0.3) is 0 Å². The average Bonchev–Trinajstić information content (AvgIpc) is 3.59. The van der Waals surface area contributed by atoms with Crippen LogP contribution in [0.4, 0.5) is 0 Å². The Hall–Kier alpha value is -1.03. The van der Waals surface area contributed by atoms with E-state index in [-0.39, 0.29) is 29.7 Å². The summed E-state index contributed by atoms with van der Waals surface area (Å²) in [6.45, 7) is 17.0. The van der Waals surface area contributed by atoms with Crippen molar-refractivity contribution in [3.8, 4) is 0 Å². The minimum Gasteiger partial charge on any atom is -0.466 e. The molecule has 0 radical (unpaired) electrons. The fraction of sp³-hybridized carbons (Fsp3) is 0.875. The highest BCUT2D eigenvalue weighted by Gasteiger charge is 2.47. The molecule has 2 aliphatic carbocycles. The number of hydrogen-bond acceptors (Lipinski definition) is 7. The summed E-state index contributed by atoms with van der Waals surface area (Å²) >= 11 is 0. The van der Waals surface area contributed by atoms with Crippen molar-refractivity contribution in [1.82, 2.24) is 0 Å². The second kappa shape index (κ2) is 20.1. The van der Waals surface area contributed by atoms with Crippen molar-refractivity contribution in [3.63, 3.8) is 0 Å². The van der Waals surface area contributed by atoms with Crippen molar-refractivity contribution in [2.24, 2.45) is 23.7 Å². The quantitative estimate of drug-likeness (QED) is 0.0545. The summed E-state index contributed by atoms with van der Waals surface area (Å²) in [4.78, 5) is 11.3. The van der Waals surface area contributed by atoms with Crippen LogP contribution < -0.4 is 0 Å². The Morgan fingerprint density at radius 2 is 1.67 bits per heavy atom. The number of carbonyl (C=O) groups is 1. The van der Waals surface area contributed by atoms with Gasteiger partial charge in [0.1, 0.15) is 0 Å². The number of hydrogen-bond donors (Lipinski definition) is 0. The van der Waals surface area contributed by atoms with Gasteiger partial charge in [0, 0.05) is 45.2 Å².